The fourth-order valence-corrected chi connectivity index (χ4v) is 4.57. The second-order valence-electron chi connectivity index (χ2n) is 8.74. The highest BCUT2D eigenvalue weighted by Gasteiger charge is 2.43. The monoisotopic (exact) mass is 417 g/mol. The molecule has 5 nitrogen and oxygen atoms in total. The molecule has 0 N–H and O–H groups in total. The Bertz CT molecular complexity index is 1060. The lowest BCUT2D eigenvalue weighted by Gasteiger charge is -2.36. The summed E-state index contributed by atoms with van der Waals surface area (Å²) in [6, 6.07) is 11.9. The maximum atomic E-state index is 13.7. The van der Waals surface area contributed by atoms with E-state index in [1.165, 1.54) is 10.5 Å². The van der Waals surface area contributed by atoms with Crippen LogP contribution in [0.25, 0.3) is 5.57 Å². The van der Waals surface area contributed by atoms with Gasteiger partial charge in [0.15, 0.2) is 0 Å². The molecule has 0 radical (unpaired) electrons. The van der Waals surface area contributed by atoms with Crippen LogP contribution in [0.15, 0.2) is 42.1 Å². The molecular formula is C26H31N3O2. The Hall–Kier alpha value is -2.92. The first-order valence-electron chi connectivity index (χ1n) is 11.1. The van der Waals surface area contributed by atoms with Crippen LogP contribution >= 0.6 is 0 Å². The van der Waals surface area contributed by atoms with Crippen LogP contribution in [0.4, 0.5) is 5.69 Å². The maximum absolute atomic E-state index is 13.7. The van der Waals surface area contributed by atoms with Gasteiger partial charge in [0.25, 0.3) is 11.8 Å². The summed E-state index contributed by atoms with van der Waals surface area (Å²) < 4.78 is 0. The van der Waals surface area contributed by atoms with Crippen LogP contribution in [-0.2, 0) is 9.59 Å². The van der Waals surface area contributed by atoms with Crippen LogP contribution in [0.1, 0.15) is 34.7 Å². The van der Waals surface area contributed by atoms with Crippen LogP contribution in [0.2, 0.25) is 0 Å². The van der Waals surface area contributed by atoms with E-state index in [1.54, 1.807) is 0 Å². The van der Waals surface area contributed by atoms with Gasteiger partial charge in [-0.3, -0.25) is 9.59 Å². The van der Waals surface area contributed by atoms with Gasteiger partial charge in [-0.25, -0.2) is 4.90 Å². The fourth-order valence-electron chi connectivity index (χ4n) is 4.57. The minimum atomic E-state index is -0.230. The quantitative estimate of drug-likeness (QED) is 0.709. The first kappa shape index (κ1) is 21.3. The Morgan fingerprint density at radius 3 is 2.00 bits per heavy atom. The van der Waals surface area contributed by atoms with Gasteiger partial charge < -0.3 is 9.80 Å². The van der Waals surface area contributed by atoms with E-state index in [2.05, 4.69) is 29.7 Å². The number of amides is 2. The molecule has 0 aliphatic carbocycles. The van der Waals surface area contributed by atoms with E-state index in [9.17, 15) is 9.59 Å². The van der Waals surface area contributed by atoms with Gasteiger partial charge in [0.2, 0.25) is 0 Å². The fraction of sp³-hybridized carbons (Fsp3) is 0.385. The van der Waals surface area contributed by atoms with Gasteiger partial charge in [0.1, 0.15) is 5.70 Å². The van der Waals surface area contributed by atoms with Gasteiger partial charge in [-0.05, 0) is 74.2 Å². The minimum Gasteiger partial charge on any atom is -0.364 e. The van der Waals surface area contributed by atoms with E-state index >= 15 is 0 Å². The minimum absolute atomic E-state index is 0.215. The Kier molecular flexibility index (Phi) is 5.71. The normalized spacial score (nSPS) is 17.8. The van der Waals surface area contributed by atoms with Crippen molar-refractivity contribution in [2.24, 2.45) is 0 Å². The Morgan fingerprint density at radius 2 is 1.42 bits per heavy atom. The molecule has 0 spiro atoms. The molecule has 1 saturated heterocycles. The zero-order valence-electron chi connectivity index (χ0n) is 19.2. The Labute approximate surface area is 184 Å². The SMILES string of the molecule is CCN1CCN(C2=C(c3ccc(C)c(C)c3)C(=O)N(c3cc(C)cc(C)c3)C2=O)CC1. The number of nitrogens with zero attached hydrogens (tertiary/aromatic N) is 3. The molecule has 2 aliphatic rings. The van der Waals surface area contributed by atoms with Crippen molar-refractivity contribution in [1.82, 2.24) is 9.80 Å². The summed E-state index contributed by atoms with van der Waals surface area (Å²) in [5, 5.41) is 0. The highest BCUT2D eigenvalue weighted by Crippen LogP contribution is 2.36. The molecule has 2 amide bonds. The maximum Gasteiger partial charge on any atom is 0.282 e. The molecule has 2 aliphatic heterocycles. The number of carbonyl (C=O) groups is 2. The molecule has 4 rings (SSSR count). The van der Waals surface area contributed by atoms with Crippen molar-refractivity contribution < 1.29 is 9.59 Å². The molecule has 2 aromatic rings. The van der Waals surface area contributed by atoms with Gasteiger partial charge in [-0.2, -0.15) is 0 Å². The lowest BCUT2D eigenvalue weighted by molar-refractivity contribution is -0.120. The molecule has 162 valence electrons. The lowest BCUT2D eigenvalue weighted by atomic mass is 9.99. The van der Waals surface area contributed by atoms with Crippen molar-refractivity contribution in [3.05, 3.63) is 69.9 Å². The molecular weight excluding hydrogens is 386 g/mol. The van der Waals surface area contributed by atoms with Gasteiger partial charge in [-0.1, -0.05) is 31.2 Å². The number of hydrogen-bond donors (Lipinski definition) is 0. The molecule has 2 heterocycles. The van der Waals surface area contributed by atoms with Gasteiger partial charge >= 0.3 is 0 Å². The Morgan fingerprint density at radius 1 is 0.774 bits per heavy atom. The van der Waals surface area contributed by atoms with Gasteiger partial charge in [-0.15, -0.1) is 0 Å². The number of rotatable bonds is 4. The summed E-state index contributed by atoms with van der Waals surface area (Å²) in [4.78, 5) is 33.3. The average Bonchev–Trinajstić information content (AvgIpc) is 2.99. The number of likely N-dealkylation sites (N-methyl/N-ethyl adjacent to an activating group) is 1. The number of aryl methyl sites for hydroxylation is 4. The summed E-state index contributed by atoms with van der Waals surface area (Å²) >= 11 is 0. The number of hydrogen-bond acceptors (Lipinski definition) is 4. The second-order valence-corrected chi connectivity index (χ2v) is 8.74. The topological polar surface area (TPSA) is 43.9 Å². The van der Waals surface area contributed by atoms with E-state index in [-0.39, 0.29) is 11.8 Å². The molecule has 0 atom stereocenters. The summed E-state index contributed by atoms with van der Waals surface area (Å²) in [6.45, 7) is 14.5. The van der Waals surface area contributed by atoms with Crippen LogP contribution in [-0.4, -0.2) is 54.3 Å². The van der Waals surface area contributed by atoms with Crippen LogP contribution in [0.3, 0.4) is 0 Å². The lowest BCUT2D eigenvalue weighted by Crippen LogP contribution is -2.47. The summed E-state index contributed by atoms with van der Waals surface area (Å²) in [7, 11) is 0. The standard InChI is InChI=1S/C26H31N3O2/c1-6-27-9-11-28(12-10-27)24-23(21-8-7-19(4)20(5)16-21)25(30)29(26(24)31)22-14-17(2)13-18(3)15-22/h7-8,13-16H,6,9-12H2,1-5H3. The van der Waals surface area contributed by atoms with Crippen molar-refractivity contribution in [1.29, 1.82) is 0 Å². The number of benzene rings is 2. The van der Waals surface area contributed by atoms with Crippen molar-refractivity contribution in [3.8, 4) is 0 Å². The summed E-state index contributed by atoms with van der Waals surface area (Å²) in [5.41, 5.74) is 6.90. The Balaban J connectivity index is 1.82. The molecule has 0 bridgehead atoms. The van der Waals surface area contributed by atoms with E-state index < -0.39 is 0 Å². The average molecular weight is 418 g/mol. The molecule has 0 unspecified atom stereocenters. The predicted molar refractivity (Wildman–Crippen MR) is 125 cm³/mol. The van der Waals surface area contributed by atoms with Crippen molar-refractivity contribution in [3.63, 3.8) is 0 Å². The number of piperazine rings is 1. The van der Waals surface area contributed by atoms with Crippen molar-refractivity contribution in [2.75, 3.05) is 37.6 Å². The second kappa shape index (κ2) is 8.31. The summed E-state index contributed by atoms with van der Waals surface area (Å²) in [6.07, 6.45) is 0. The first-order valence-corrected chi connectivity index (χ1v) is 11.1. The van der Waals surface area contributed by atoms with Crippen molar-refractivity contribution >= 4 is 23.1 Å². The third-order valence-electron chi connectivity index (χ3n) is 6.46. The zero-order valence-corrected chi connectivity index (χ0v) is 19.2. The van der Waals surface area contributed by atoms with E-state index in [1.807, 2.05) is 51.1 Å². The zero-order chi connectivity index (χ0) is 22.3. The molecule has 0 aromatic heterocycles. The van der Waals surface area contributed by atoms with Crippen LogP contribution < -0.4 is 4.90 Å². The predicted octanol–water partition coefficient (Wildman–Crippen LogP) is 3.84. The molecule has 0 saturated carbocycles. The highest BCUT2D eigenvalue weighted by atomic mass is 16.2. The summed E-state index contributed by atoms with van der Waals surface area (Å²) in [5.74, 6) is -0.445. The van der Waals surface area contributed by atoms with E-state index in [0.29, 0.717) is 17.0 Å². The molecule has 2 aromatic carbocycles. The smallest absolute Gasteiger partial charge is 0.282 e. The molecule has 1 fully saturated rings. The van der Waals surface area contributed by atoms with Crippen LogP contribution in [0.5, 0.6) is 0 Å². The van der Waals surface area contributed by atoms with E-state index in [4.69, 9.17) is 0 Å². The third-order valence-corrected chi connectivity index (χ3v) is 6.46. The number of imide groups is 1. The van der Waals surface area contributed by atoms with Crippen LogP contribution in [0, 0.1) is 27.7 Å². The van der Waals surface area contributed by atoms with Crippen molar-refractivity contribution in [2.45, 2.75) is 34.6 Å². The molecule has 5 heteroatoms. The van der Waals surface area contributed by atoms with E-state index in [0.717, 1.165) is 55.0 Å². The largest absolute Gasteiger partial charge is 0.364 e. The highest BCUT2D eigenvalue weighted by molar-refractivity contribution is 6.45. The number of carbonyl (C=O) groups excluding carboxylic acids is 2. The number of anilines is 1. The molecule has 31 heavy (non-hydrogen) atoms. The third kappa shape index (κ3) is 3.90. The van der Waals surface area contributed by atoms with Gasteiger partial charge in [0, 0.05) is 26.2 Å². The first-order chi connectivity index (χ1) is 14.8. The van der Waals surface area contributed by atoms with Gasteiger partial charge in [0.05, 0.1) is 11.3 Å².